The number of carbonyl (C=O) groups is 1. The molecule has 0 aliphatic carbocycles. The van der Waals surface area contributed by atoms with Gasteiger partial charge in [0.1, 0.15) is 5.75 Å². The molecule has 0 aliphatic heterocycles. The van der Waals surface area contributed by atoms with Crippen molar-refractivity contribution >= 4 is 11.7 Å². The number of nitrogens with one attached hydrogen (secondary N) is 1. The third-order valence-corrected chi connectivity index (χ3v) is 3.39. The number of anilines is 1. The SMILES string of the molecule is O=C(O)c1ccc(NCc2ccc(Oc3ccccc3)nc2)cc1. The van der Waals surface area contributed by atoms with E-state index in [1.54, 1.807) is 30.5 Å². The second kappa shape index (κ2) is 7.28. The van der Waals surface area contributed by atoms with Crippen LogP contribution in [0.25, 0.3) is 0 Å². The molecule has 0 amide bonds. The molecule has 120 valence electrons. The van der Waals surface area contributed by atoms with Gasteiger partial charge in [-0.25, -0.2) is 9.78 Å². The molecule has 5 nitrogen and oxygen atoms in total. The van der Waals surface area contributed by atoms with Gasteiger partial charge in [-0.1, -0.05) is 24.3 Å². The van der Waals surface area contributed by atoms with E-state index in [-0.39, 0.29) is 5.56 Å². The first kappa shape index (κ1) is 15.6. The van der Waals surface area contributed by atoms with Gasteiger partial charge in [-0.3, -0.25) is 0 Å². The van der Waals surface area contributed by atoms with Crippen molar-refractivity contribution in [2.45, 2.75) is 6.54 Å². The first-order chi connectivity index (χ1) is 11.7. The van der Waals surface area contributed by atoms with E-state index in [1.807, 2.05) is 42.5 Å². The largest absolute Gasteiger partial charge is 0.478 e. The lowest BCUT2D eigenvalue weighted by Gasteiger charge is -2.08. The predicted octanol–water partition coefficient (Wildman–Crippen LogP) is 4.18. The summed E-state index contributed by atoms with van der Waals surface area (Å²) in [5.74, 6) is 0.352. The van der Waals surface area contributed by atoms with Gasteiger partial charge in [0, 0.05) is 24.5 Å². The first-order valence-electron chi connectivity index (χ1n) is 7.46. The Balaban J connectivity index is 1.57. The Hall–Kier alpha value is -3.34. The number of carboxylic acid groups (broad SMARTS) is 1. The minimum atomic E-state index is -0.931. The molecule has 1 heterocycles. The van der Waals surface area contributed by atoms with Crippen LogP contribution in [-0.4, -0.2) is 16.1 Å². The Morgan fingerprint density at radius 3 is 2.38 bits per heavy atom. The fourth-order valence-electron chi connectivity index (χ4n) is 2.12. The van der Waals surface area contributed by atoms with Gasteiger partial charge < -0.3 is 15.2 Å². The fourth-order valence-corrected chi connectivity index (χ4v) is 2.12. The zero-order chi connectivity index (χ0) is 16.8. The van der Waals surface area contributed by atoms with Gasteiger partial charge in [0.25, 0.3) is 0 Å². The number of hydrogen-bond acceptors (Lipinski definition) is 4. The molecule has 0 atom stereocenters. The average Bonchev–Trinajstić information content (AvgIpc) is 2.62. The molecule has 0 saturated heterocycles. The Morgan fingerprint density at radius 1 is 1.00 bits per heavy atom. The molecule has 2 aromatic carbocycles. The van der Waals surface area contributed by atoms with E-state index in [9.17, 15) is 4.79 Å². The number of rotatable bonds is 6. The van der Waals surface area contributed by atoms with E-state index < -0.39 is 5.97 Å². The summed E-state index contributed by atoms with van der Waals surface area (Å²) in [6.07, 6.45) is 1.75. The smallest absolute Gasteiger partial charge is 0.335 e. The van der Waals surface area contributed by atoms with E-state index in [1.165, 1.54) is 0 Å². The number of aromatic carboxylic acids is 1. The van der Waals surface area contributed by atoms with Crippen molar-refractivity contribution in [1.82, 2.24) is 4.98 Å². The highest BCUT2D eigenvalue weighted by molar-refractivity contribution is 5.87. The van der Waals surface area contributed by atoms with E-state index in [4.69, 9.17) is 9.84 Å². The summed E-state index contributed by atoms with van der Waals surface area (Å²) in [5, 5.41) is 12.1. The molecule has 0 bridgehead atoms. The van der Waals surface area contributed by atoms with Crippen LogP contribution < -0.4 is 10.1 Å². The van der Waals surface area contributed by atoms with Crippen LogP contribution in [0, 0.1) is 0 Å². The number of para-hydroxylation sites is 1. The van der Waals surface area contributed by atoms with Crippen LogP contribution in [0.15, 0.2) is 72.9 Å². The average molecular weight is 320 g/mol. The van der Waals surface area contributed by atoms with E-state index in [2.05, 4.69) is 10.3 Å². The molecule has 1 aromatic heterocycles. The van der Waals surface area contributed by atoms with Gasteiger partial charge in [-0.15, -0.1) is 0 Å². The monoisotopic (exact) mass is 320 g/mol. The molecule has 0 unspecified atom stereocenters. The van der Waals surface area contributed by atoms with Gasteiger partial charge in [0.2, 0.25) is 5.88 Å². The normalized spacial score (nSPS) is 10.2. The Morgan fingerprint density at radius 2 is 1.75 bits per heavy atom. The Bertz CT molecular complexity index is 800. The molecule has 3 rings (SSSR count). The maximum atomic E-state index is 10.8. The molecule has 0 fully saturated rings. The molecule has 2 N–H and O–H groups in total. The predicted molar refractivity (Wildman–Crippen MR) is 91.5 cm³/mol. The lowest BCUT2D eigenvalue weighted by atomic mass is 10.2. The van der Waals surface area contributed by atoms with E-state index >= 15 is 0 Å². The molecule has 0 radical (unpaired) electrons. The van der Waals surface area contributed by atoms with Crippen molar-refractivity contribution in [3.63, 3.8) is 0 Å². The molecule has 0 saturated carbocycles. The van der Waals surface area contributed by atoms with Crippen LogP contribution in [0.5, 0.6) is 11.6 Å². The van der Waals surface area contributed by atoms with Crippen molar-refractivity contribution < 1.29 is 14.6 Å². The third kappa shape index (κ3) is 4.10. The van der Waals surface area contributed by atoms with Crippen molar-refractivity contribution in [3.05, 3.63) is 84.1 Å². The van der Waals surface area contributed by atoms with Crippen molar-refractivity contribution in [3.8, 4) is 11.6 Å². The molecule has 24 heavy (non-hydrogen) atoms. The van der Waals surface area contributed by atoms with Gasteiger partial charge in [0.15, 0.2) is 0 Å². The van der Waals surface area contributed by atoms with Crippen LogP contribution in [-0.2, 0) is 6.54 Å². The molecule has 0 aliphatic rings. The van der Waals surface area contributed by atoms with Gasteiger partial charge >= 0.3 is 5.97 Å². The van der Waals surface area contributed by atoms with Crippen molar-refractivity contribution in [2.75, 3.05) is 5.32 Å². The Kier molecular flexibility index (Phi) is 4.72. The van der Waals surface area contributed by atoms with Gasteiger partial charge in [0.05, 0.1) is 5.56 Å². The van der Waals surface area contributed by atoms with E-state index in [0.717, 1.165) is 17.0 Å². The lowest BCUT2D eigenvalue weighted by molar-refractivity contribution is 0.0697. The van der Waals surface area contributed by atoms with Crippen LogP contribution >= 0.6 is 0 Å². The van der Waals surface area contributed by atoms with Crippen LogP contribution in [0.4, 0.5) is 5.69 Å². The number of ether oxygens (including phenoxy) is 1. The Labute approximate surface area is 139 Å². The number of carboxylic acids is 1. The van der Waals surface area contributed by atoms with Crippen LogP contribution in [0.1, 0.15) is 15.9 Å². The standard InChI is InChI=1S/C19H16N2O3/c22-19(23)15-7-9-16(10-8-15)20-12-14-6-11-18(21-13-14)24-17-4-2-1-3-5-17/h1-11,13,20H,12H2,(H,22,23). The highest BCUT2D eigenvalue weighted by Gasteiger charge is 2.02. The molecule has 5 heteroatoms. The number of aromatic nitrogens is 1. The number of pyridine rings is 1. The summed E-state index contributed by atoms with van der Waals surface area (Å²) in [7, 11) is 0. The molecule has 0 spiro atoms. The second-order valence-electron chi connectivity index (χ2n) is 5.16. The molecular weight excluding hydrogens is 304 g/mol. The van der Waals surface area contributed by atoms with Crippen LogP contribution in [0.2, 0.25) is 0 Å². The highest BCUT2D eigenvalue weighted by Crippen LogP contribution is 2.19. The third-order valence-electron chi connectivity index (χ3n) is 3.39. The van der Waals surface area contributed by atoms with Gasteiger partial charge in [-0.2, -0.15) is 0 Å². The maximum absolute atomic E-state index is 10.8. The number of hydrogen-bond donors (Lipinski definition) is 2. The summed E-state index contributed by atoms with van der Waals surface area (Å²) < 4.78 is 5.64. The molecule has 3 aromatic rings. The summed E-state index contributed by atoms with van der Waals surface area (Å²) in [5.41, 5.74) is 2.12. The summed E-state index contributed by atoms with van der Waals surface area (Å²) >= 11 is 0. The lowest BCUT2D eigenvalue weighted by Crippen LogP contribution is -2.01. The molecular formula is C19H16N2O3. The first-order valence-corrected chi connectivity index (χ1v) is 7.46. The van der Waals surface area contributed by atoms with Crippen molar-refractivity contribution in [1.29, 1.82) is 0 Å². The summed E-state index contributed by atoms with van der Waals surface area (Å²) in [4.78, 5) is 15.1. The van der Waals surface area contributed by atoms with Gasteiger partial charge in [-0.05, 0) is 42.0 Å². The number of benzene rings is 2. The second-order valence-corrected chi connectivity index (χ2v) is 5.16. The topological polar surface area (TPSA) is 71.5 Å². The summed E-state index contributed by atoms with van der Waals surface area (Å²) in [6.45, 7) is 0.588. The number of nitrogens with zero attached hydrogens (tertiary/aromatic N) is 1. The summed E-state index contributed by atoms with van der Waals surface area (Å²) in [6, 6.07) is 19.9. The zero-order valence-corrected chi connectivity index (χ0v) is 12.8. The minimum absolute atomic E-state index is 0.268. The van der Waals surface area contributed by atoms with E-state index in [0.29, 0.717) is 12.4 Å². The fraction of sp³-hybridized carbons (Fsp3) is 0.0526. The van der Waals surface area contributed by atoms with Crippen LogP contribution in [0.3, 0.4) is 0 Å². The highest BCUT2D eigenvalue weighted by atomic mass is 16.5. The van der Waals surface area contributed by atoms with Crippen molar-refractivity contribution in [2.24, 2.45) is 0 Å². The maximum Gasteiger partial charge on any atom is 0.335 e. The quantitative estimate of drug-likeness (QED) is 0.713. The zero-order valence-electron chi connectivity index (χ0n) is 12.8. The minimum Gasteiger partial charge on any atom is -0.478 e.